The van der Waals surface area contributed by atoms with Gasteiger partial charge >= 0.3 is 11.9 Å². The van der Waals surface area contributed by atoms with Crippen molar-refractivity contribution < 1.29 is 23.5 Å². The van der Waals surface area contributed by atoms with Crippen LogP contribution in [-0.4, -0.2) is 36.1 Å². The van der Waals surface area contributed by atoms with Crippen LogP contribution in [0.3, 0.4) is 0 Å². The summed E-state index contributed by atoms with van der Waals surface area (Å²) in [5, 5.41) is -0.211. The number of aryl methyl sites for hydroxylation is 2. The van der Waals surface area contributed by atoms with Gasteiger partial charge in [-0.25, -0.2) is 23.9 Å². The van der Waals surface area contributed by atoms with Gasteiger partial charge in [-0.1, -0.05) is 23.2 Å². The third-order valence-electron chi connectivity index (χ3n) is 3.20. The number of hydrogen-bond acceptors (Lipinski definition) is 7. The Kier molecular flexibility index (Phi) is 7.73. The molecule has 0 spiro atoms. The number of esters is 2. The van der Waals surface area contributed by atoms with E-state index in [1.807, 2.05) is 0 Å². The quantitative estimate of drug-likeness (QED) is 0.604. The van der Waals surface area contributed by atoms with E-state index < -0.39 is 17.8 Å². The number of carbonyl (C=O) groups excluding carboxylic acids is 2. The number of aromatic nitrogens is 2. The van der Waals surface area contributed by atoms with Crippen molar-refractivity contribution in [2.24, 2.45) is 0 Å². The number of nitrogens with zero attached hydrogens (tertiary/aromatic N) is 2. The number of nitrogens with two attached hydrogens (primary N) is 1. The van der Waals surface area contributed by atoms with Gasteiger partial charge in [0.25, 0.3) is 0 Å². The predicted molar refractivity (Wildman–Crippen MR) is 95.0 cm³/mol. The molecule has 0 saturated heterocycles. The highest BCUT2D eigenvalue weighted by atomic mass is 35.5. The van der Waals surface area contributed by atoms with Crippen LogP contribution in [0.25, 0.3) is 0 Å². The van der Waals surface area contributed by atoms with Crippen molar-refractivity contribution in [3.63, 3.8) is 0 Å². The maximum Gasteiger partial charge on any atom is 0.341 e. The molecule has 0 atom stereocenters. The van der Waals surface area contributed by atoms with Crippen molar-refractivity contribution in [3.05, 3.63) is 50.8 Å². The first kappa shape index (κ1) is 21.6. The second-order valence-corrected chi connectivity index (χ2v) is 5.64. The minimum Gasteiger partial charge on any atom is -0.465 e. The smallest absolute Gasteiger partial charge is 0.341 e. The Labute approximate surface area is 159 Å². The van der Waals surface area contributed by atoms with Crippen molar-refractivity contribution in [1.82, 2.24) is 9.97 Å². The molecule has 2 rings (SSSR count). The average Bonchev–Trinajstić information content (AvgIpc) is 2.62. The number of rotatable bonds is 2. The molecule has 7 nitrogen and oxygen atoms in total. The van der Waals surface area contributed by atoms with Crippen molar-refractivity contribution in [1.29, 1.82) is 0 Å². The Morgan fingerprint density at radius 3 is 1.88 bits per heavy atom. The summed E-state index contributed by atoms with van der Waals surface area (Å²) in [6.45, 7) is 3.27. The summed E-state index contributed by atoms with van der Waals surface area (Å²) >= 11 is 11.0. The molecule has 0 unspecified atom stereocenters. The summed E-state index contributed by atoms with van der Waals surface area (Å²) in [4.78, 5) is 29.6. The number of ether oxygens (including phenoxy) is 2. The molecular weight excluding hydrogens is 388 g/mol. The predicted octanol–water partition coefficient (Wildman–Crippen LogP) is 3.38. The van der Waals surface area contributed by atoms with Crippen LogP contribution in [-0.2, 0) is 9.47 Å². The van der Waals surface area contributed by atoms with E-state index in [4.69, 9.17) is 28.9 Å². The van der Waals surface area contributed by atoms with Gasteiger partial charge in [0.1, 0.15) is 5.56 Å². The van der Waals surface area contributed by atoms with E-state index in [0.29, 0.717) is 11.1 Å². The van der Waals surface area contributed by atoms with Crippen LogP contribution in [0.15, 0.2) is 12.4 Å². The molecule has 10 heteroatoms. The molecule has 0 amide bonds. The van der Waals surface area contributed by atoms with Gasteiger partial charge in [0, 0.05) is 12.4 Å². The molecule has 0 aromatic carbocycles. The Hall–Kier alpha value is -2.45. The Morgan fingerprint density at radius 2 is 1.38 bits per heavy atom. The molecule has 0 saturated carbocycles. The van der Waals surface area contributed by atoms with Crippen LogP contribution in [0.5, 0.6) is 0 Å². The largest absolute Gasteiger partial charge is 0.465 e. The highest BCUT2D eigenvalue weighted by molar-refractivity contribution is 6.32. The van der Waals surface area contributed by atoms with Crippen LogP contribution in [0.2, 0.25) is 10.3 Å². The van der Waals surface area contributed by atoms with Crippen LogP contribution in [0, 0.1) is 19.7 Å². The molecule has 0 fully saturated rings. The van der Waals surface area contributed by atoms with Crippen molar-refractivity contribution in [2.45, 2.75) is 13.8 Å². The molecule has 2 N–H and O–H groups in total. The van der Waals surface area contributed by atoms with E-state index in [1.54, 1.807) is 13.8 Å². The van der Waals surface area contributed by atoms with Crippen LogP contribution >= 0.6 is 23.2 Å². The van der Waals surface area contributed by atoms with Crippen LogP contribution < -0.4 is 5.73 Å². The molecular formula is C16H16Cl2FN3O4. The minimum absolute atomic E-state index is 0.117. The van der Waals surface area contributed by atoms with Gasteiger partial charge in [-0.2, -0.15) is 0 Å². The molecule has 2 heterocycles. The summed E-state index contributed by atoms with van der Waals surface area (Å²) in [7, 11) is 2.46. The highest BCUT2D eigenvalue weighted by Gasteiger charge is 2.18. The third-order valence-corrected chi connectivity index (χ3v) is 3.77. The molecule has 0 radical (unpaired) electrons. The summed E-state index contributed by atoms with van der Waals surface area (Å²) in [5.74, 6) is -2.09. The van der Waals surface area contributed by atoms with Gasteiger partial charge in [-0.05, 0) is 25.0 Å². The molecule has 0 aliphatic heterocycles. The molecule has 140 valence electrons. The monoisotopic (exact) mass is 403 g/mol. The fourth-order valence-corrected chi connectivity index (χ4v) is 2.17. The van der Waals surface area contributed by atoms with E-state index in [9.17, 15) is 14.0 Å². The standard InChI is InChI=1S/C8H7ClFNO2.C8H9ClN2O2/c2*1-4-3-11-7(9)6(10)5(4)8(12)13-2/h3H,1-2H3;3H,10H2,1-2H3. The second kappa shape index (κ2) is 9.30. The number of carbonyl (C=O) groups is 2. The summed E-state index contributed by atoms with van der Waals surface area (Å²) < 4.78 is 22.1. The summed E-state index contributed by atoms with van der Waals surface area (Å²) in [5.41, 5.74) is 6.89. The fraction of sp³-hybridized carbons (Fsp3) is 0.250. The lowest BCUT2D eigenvalue weighted by atomic mass is 10.1. The van der Waals surface area contributed by atoms with E-state index in [0.717, 1.165) is 0 Å². The van der Waals surface area contributed by atoms with Gasteiger partial charge in [0.2, 0.25) is 0 Å². The van der Waals surface area contributed by atoms with E-state index >= 15 is 0 Å². The zero-order chi connectivity index (χ0) is 20.0. The van der Waals surface area contributed by atoms with Gasteiger partial charge in [-0.3, -0.25) is 0 Å². The molecule has 26 heavy (non-hydrogen) atoms. The molecule has 2 aromatic rings. The third kappa shape index (κ3) is 4.80. The van der Waals surface area contributed by atoms with Gasteiger partial charge < -0.3 is 15.2 Å². The lowest BCUT2D eigenvalue weighted by Crippen LogP contribution is -2.09. The van der Waals surface area contributed by atoms with Crippen molar-refractivity contribution in [3.8, 4) is 0 Å². The number of nitrogen functional groups attached to an aromatic ring is 1. The first-order valence-electron chi connectivity index (χ1n) is 7.03. The highest BCUT2D eigenvalue weighted by Crippen LogP contribution is 2.23. The van der Waals surface area contributed by atoms with E-state index in [1.165, 1.54) is 26.6 Å². The van der Waals surface area contributed by atoms with Crippen LogP contribution in [0.1, 0.15) is 31.8 Å². The molecule has 0 aliphatic carbocycles. The topological polar surface area (TPSA) is 104 Å². The number of hydrogen-bond donors (Lipinski definition) is 1. The van der Waals surface area contributed by atoms with Crippen molar-refractivity contribution in [2.75, 3.05) is 20.0 Å². The second-order valence-electron chi connectivity index (χ2n) is 4.92. The normalized spacial score (nSPS) is 9.81. The molecule has 0 bridgehead atoms. The molecule has 2 aromatic heterocycles. The van der Waals surface area contributed by atoms with Gasteiger partial charge in [0.15, 0.2) is 16.1 Å². The number of pyridine rings is 2. The minimum atomic E-state index is -0.839. The van der Waals surface area contributed by atoms with Crippen molar-refractivity contribution >= 4 is 40.8 Å². The SMILES string of the molecule is COC(=O)c1c(C)cnc(Cl)c1F.COC(=O)c1c(C)cnc(Cl)c1N. The Balaban J connectivity index is 0.000000260. The number of anilines is 1. The maximum atomic E-state index is 13.2. The summed E-state index contributed by atoms with van der Waals surface area (Å²) in [6.07, 6.45) is 2.79. The Morgan fingerprint density at radius 1 is 0.962 bits per heavy atom. The summed E-state index contributed by atoms with van der Waals surface area (Å²) in [6, 6.07) is 0. The average molecular weight is 404 g/mol. The zero-order valence-corrected chi connectivity index (χ0v) is 15.9. The Bertz CT molecular complexity index is 777. The fourth-order valence-electron chi connectivity index (χ4n) is 1.88. The number of halogens is 3. The first-order chi connectivity index (χ1) is 12.1. The first-order valence-corrected chi connectivity index (χ1v) is 7.79. The van der Waals surface area contributed by atoms with E-state index in [2.05, 4.69) is 19.4 Å². The zero-order valence-electron chi connectivity index (χ0n) is 14.4. The molecule has 0 aliphatic rings. The van der Waals surface area contributed by atoms with E-state index in [-0.39, 0.29) is 27.1 Å². The van der Waals surface area contributed by atoms with Gasteiger partial charge in [0.05, 0.1) is 25.5 Å². The maximum absolute atomic E-state index is 13.2. The van der Waals surface area contributed by atoms with Crippen LogP contribution in [0.4, 0.5) is 10.1 Å². The van der Waals surface area contributed by atoms with Gasteiger partial charge in [-0.15, -0.1) is 0 Å². The lowest BCUT2D eigenvalue weighted by molar-refractivity contribution is 0.0588. The number of methoxy groups -OCH3 is 2. The lowest BCUT2D eigenvalue weighted by Gasteiger charge is -2.07.